The van der Waals surface area contributed by atoms with E-state index in [9.17, 15) is 13.2 Å². The van der Waals surface area contributed by atoms with Crippen molar-refractivity contribution in [2.45, 2.75) is 63.9 Å². The maximum atomic E-state index is 13.9. The zero-order valence-corrected chi connectivity index (χ0v) is 17.0. The molecular weight excluding hydrogens is 363 g/mol. The van der Waals surface area contributed by atoms with Crippen molar-refractivity contribution in [1.29, 1.82) is 0 Å². The molecule has 0 amide bonds. The number of alkyl halides is 3. The van der Waals surface area contributed by atoms with Crippen molar-refractivity contribution in [1.82, 2.24) is 0 Å². The van der Waals surface area contributed by atoms with Crippen LogP contribution in [0.15, 0.2) is 29.4 Å². The van der Waals surface area contributed by atoms with Crippen molar-refractivity contribution in [3.05, 3.63) is 35.4 Å². The molecule has 1 aromatic carbocycles. The number of hydrogen-bond donors (Lipinski definition) is 0. The van der Waals surface area contributed by atoms with Gasteiger partial charge in [0.25, 0.3) is 0 Å². The van der Waals surface area contributed by atoms with Gasteiger partial charge in [-0.15, -0.1) is 0 Å². The lowest BCUT2D eigenvalue weighted by atomic mass is 10.0. The van der Waals surface area contributed by atoms with Gasteiger partial charge in [0, 0.05) is 7.11 Å². The first-order valence-corrected chi connectivity index (χ1v) is 11.3. The van der Waals surface area contributed by atoms with Crippen LogP contribution in [-0.4, -0.2) is 33.1 Å². The molecule has 0 radical (unpaired) electrons. The van der Waals surface area contributed by atoms with Gasteiger partial charge < -0.3 is 14.0 Å². The van der Waals surface area contributed by atoms with Crippen LogP contribution < -0.4 is 0 Å². The Morgan fingerprint density at radius 1 is 1.15 bits per heavy atom. The third kappa shape index (κ3) is 4.13. The number of halogens is 3. The second kappa shape index (κ2) is 6.98. The van der Waals surface area contributed by atoms with Gasteiger partial charge >= 0.3 is 12.0 Å². The van der Waals surface area contributed by atoms with Crippen LogP contribution in [0, 0.1) is 0 Å². The van der Waals surface area contributed by atoms with Gasteiger partial charge in [0.15, 0.2) is 8.32 Å². The maximum Gasteiger partial charge on any atom is 0.457 e. The van der Waals surface area contributed by atoms with Gasteiger partial charge in [-0.05, 0) is 29.3 Å². The lowest BCUT2D eigenvalue weighted by Crippen LogP contribution is -2.57. The minimum absolute atomic E-state index is 0.227. The van der Waals surface area contributed by atoms with Crippen molar-refractivity contribution in [3.8, 4) is 0 Å². The Morgan fingerprint density at radius 3 is 2.19 bits per heavy atom. The predicted octanol–water partition coefficient (Wildman–Crippen LogP) is 5.24. The van der Waals surface area contributed by atoms with E-state index in [1.165, 1.54) is 0 Å². The van der Waals surface area contributed by atoms with Crippen molar-refractivity contribution in [2.24, 2.45) is 5.16 Å². The summed E-state index contributed by atoms with van der Waals surface area (Å²) in [5.74, 6) is -2.73. The molecule has 0 spiro atoms. The summed E-state index contributed by atoms with van der Waals surface area (Å²) in [5, 5.41) is 3.34. The number of rotatable bonds is 5. The van der Waals surface area contributed by atoms with Gasteiger partial charge in [-0.25, -0.2) is 0 Å². The molecule has 0 aromatic heterocycles. The minimum Gasteiger partial charge on any atom is -0.380 e. The summed E-state index contributed by atoms with van der Waals surface area (Å²) < 4.78 is 52.3. The monoisotopic (exact) mass is 389 g/mol. The number of nitrogens with zero attached hydrogens (tertiary/aromatic N) is 1. The molecule has 2 rings (SSSR count). The Labute approximate surface area is 153 Å². The number of hydrogen-bond acceptors (Lipinski definition) is 4. The molecule has 1 unspecified atom stereocenters. The summed E-state index contributed by atoms with van der Waals surface area (Å²) in [6.45, 7) is 9.62. The van der Waals surface area contributed by atoms with Crippen LogP contribution in [0.25, 0.3) is 0 Å². The Kier molecular flexibility index (Phi) is 5.61. The van der Waals surface area contributed by atoms with E-state index < -0.39 is 26.7 Å². The second-order valence-corrected chi connectivity index (χ2v) is 12.8. The van der Waals surface area contributed by atoms with E-state index >= 15 is 0 Å². The van der Waals surface area contributed by atoms with E-state index in [-0.39, 0.29) is 10.7 Å². The SMILES string of the molecule is COCc1ccc(C2=NOC(O[Si](C)(C)C(C)(C)C)(C(F)(F)F)C2)cc1. The summed E-state index contributed by atoms with van der Waals surface area (Å²) in [6, 6.07) is 7.03. The average molecular weight is 389 g/mol. The molecule has 1 aliphatic heterocycles. The fourth-order valence-electron chi connectivity index (χ4n) is 2.36. The summed E-state index contributed by atoms with van der Waals surface area (Å²) in [4.78, 5) is 4.93. The molecule has 1 aliphatic rings. The summed E-state index contributed by atoms with van der Waals surface area (Å²) in [5.41, 5.74) is 1.73. The van der Waals surface area contributed by atoms with E-state index in [2.05, 4.69) is 5.16 Å². The molecule has 0 N–H and O–H groups in total. The molecule has 0 bridgehead atoms. The third-order valence-corrected chi connectivity index (χ3v) is 9.41. The van der Waals surface area contributed by atoms with Crippen molar-refractivity contribution >= 4 is 14.0 Å². The first-order valence-electron chi connectivity index (χ1n) is 8.41. The first-order chi connectivity index (χ1) is 11.8. The van der Waals surface area contributed by atoms with Crippen LogP contribution >= 0.6 is 0 Å². The minimum atomic E-state index is -4.69. The largest absolute Gasteiger partial charge is 0.457 e. The average Bonchev–Trinajstić information content (AvgIpc) is 2.92. The van der Waals surface area contributed by atoms with Gasteiger partial charge in [0.2, 0.25) is 0 Å². The third-order valence-electron chi connectivity index (χ3n) is 4.96. The molecule has 4 nitrogen and oxygen atoms in total. The number of ether oxygens (including phenoxy) is 1. The number of oxime groups is 1. The Bertz CT molecular complexity index is 666. The van der Waals surface area contributed by atoms with Crippen LogP contribution in [0.4, 0.5) is 13.2 Å². The Balaban J connectivity index is 2.27. The van der Waals surface area contributed by atoms with Crippen molar-refractivity contribution in [3.63, 3.8) is 0 Å². The molecule has 146 valence electrons. The lowest BCUT2D eigenvalue weighted by Gasteiger charge is -2.42. The smallest absolute Gasteiger partial charge is 0.380 e. The highest BCUT2D eigenvalue weighted by atomic mass is 28.4. The highest BCUT2D eigenvalue weighted by molar-refractivity contribution is 6.74. The van der Waals surface area contributed by atoms with Crippen LogP contribution in [0.2, 0.25) is 18.1 Å². The quantitative estimate of drug-likeness (QED) is 0.647. The van der Waals surface area contributed by atoms with Crippen molar-refractivity contribution < 1.29 is 27.2 Å². The summed E-state index contributed by atoms with van der Waals surface area (Å²) >= 11 is 0. The molecule has 0 saturated carbocycles. The van der Waals surface area contributed by atoms with Crippen LogP contribution in [0.1, 0.15) is 38.3 Å². The molecule has 8 heteroatoms. The molecule has 0 fully saturated rings. The predicted molar refractivity (Wildman–Crippen MR) is 96.5 cm³/mol. The normalized spacial score (nSPS) is 21.5. The van der Waals surface area contributed by atoms with Crippen LogP contribution in [0.5, 0.6) is 0 Å². The summed E-state index contributed by atoms with van der Waals surface area (Å²) in [7, 11) is -1.16. The van der Waals surface area contributed by atoms with Crippen LogP contribution in [0.3, 0.4) is 0 Å². The van der Waals surface area contributed by atoms with Gasteiger partial charge in [-0.3, -0.25) is 0 Å². The standard InChI is InChI=1S/C18H26F3NO3Si/c1-16(2,3)26(5,6)25-17(18(19,20)21)11-15(22-24-17)14-9-7-13(8-10-14)12-23-4/h7-10H,11-12H2,1-6H3. The van der Waals surface area contributed by atoms with E-state index in [4.69, 9.17) is 14.0 Å². The number of methoxy groups -OCH3 is 1. The first kappa shape index (κ1) is 20.9. The number of benzene rings is 1. The highest BCUT2D eigenvalue weighted by Gasteiger charge is 2.65. The van der Waals surface area contributed by atoms with Gasteiger partial charge in [-0.1, -0.05) is 50.2 Å². The van der Waals surface area contributed by atoms with E-state index in [0.29, 0.717) is 12.2 Å². The zero-order chi connectivity index (χ0) is 19.8. The van der Waals surface area contributed by atoms with E-state index in [1.54, 1.807) is 44.5 Å². The molecule has 0 saturated heterocycles. The van der Waals surface area contributed by atoms with Gasteiger partial charge in [0.1, 0.15) is 0 Å². The molecular formula is C18H26F3NO3Si. The lowest BCUT2D eigenvalue weighted by molar-refractivity contribution is -0.347. The fraction of sp³-hybridized carbons (Fsp3) is 0.611. The second-order valence-electron chi connectivity index (χ2n) is 8.05. The van der Waals surface area contributed by atoms with Crippen molar-refractivity contribution in [2.75, 3.05) is 7.11 Å². The topological polar surface area (TPSA) is 40.0 Å². The molecule has 0 aliphatic carbocycles. The molecule has 1 aromatic rings. The summed E-state index contributed by atoms with van der Waals surface area (Å²) in [6.07, 6.45) is -5.16. The van der Waals surface area contributed by atoms with Crippen LogP contribution in [-0.2, 0) is 20.6 Å². The Morgan fingerprint density at radius 2 is 1.73 bits per heavy atom. The molecule has 1 heterocycles. The van der Waals surface area contributed by atoms with Gasteiger partial charge in [-0.2, -0.15) is 13.2 Å². The zero-order valence-electron chi connectivity index (χ0n) is 16.0. The van der Waals surface area contributed by atoms with E-state index in [0.717, 1.165) is 5.56 Å². The van der Waals surface area contributed by atoms with Gasteiger partial charge in [0.05, 0.1) is 18.7 Å². The Hall–Kier alpha value is -1.38. The maximum absolute atomic E-state index is 13.9. The van der Waals surface area contributed by atoms with E-state index in [1.807, 2.05) is 20.8 Å². The molecule has 26 heavy (non-hydrogen) atoms. The molecule has 1 atom stereocenters. The fourth-order valence-corrected chi connectivity index (χ4v) is 3.71. The highest BCUT2D eigenvalue weighted by Crippen LogP contribution is 2.48.